The average Bonchev–Trinajstić information content (AvgIpc) is 2.98. The third kappa shape index (κ3) is 1.94. The van der Waals surface area contributed by atoms with Gasteiger partial charge in [0.25, 0.3) is 5.56 Å². The van der Waals surface area contributed by atoms with E-state index in [1.54, 1.807) is 0 Å². The molecule has 2 unspecified atom stereocenters. The maximum atomic E-state index is 11.8. The summed E-state index contributed by atoms with van der Waals surface area (Å²) >= 11 is 0. The van der Waals surface area contributed by atoms with Gasteiger partial charge in [-0.3, -0.25) is 9.78 Å². The number of H-pyrrole nitrogens is 2. The molecule has 3 heterocycles. The van der Waals surface area contributed by atoms with Crippen molar-refractivity contribution in [3.05, 3.63) is 20.8 Å². The number of rotatable bonds is 2. The van der Waals surface area contributed by atoms with E-state index in [4.69, 9.17) is 0 Å². The van der Waals surface area contributed by atoms with Gasteiger partial charge in [0.1, 0.15) is 0 Å². The summed E-state index contributed by atoms with van der Waals surface area (Å²) in [5, 5.41) is 9.68. The lowest BCUT2D eigenvalue weighted by Gasteiger charge is -2.29. The van der Waals surface area contributed by atoms with Gasteiger partial charge < -0.3 is 10.2 Å². The summed E-state index contributed by atoms with van der Waals surface area (Å²) in [6.45, 7) is 1.87. The van der Waals surface area contributed by atoms with Crippen LogP contribution in [0.3, 0.4) is 0 Å². The van der Waals surface area contributed by atoms with Gasteiger partial charge in [-0.25, -0.2) is 9.89 Å². The van der Waals surface area contributed by atoms with E-state index in [1.807, 2.05) is 4.90 Å². The van der Waals surface area contributed by atoms with E-state index in [1.165, 1.54) is 6.42 Å². The standard InChI is InChI=1S/C11H17N5O2/c17-10-9(14-15-11(18)13-10)16-6-2-4-8(16)7-3-1-5-12-7/h7-8,12H,1-6H2,(H2,13,15,17,18). The molecule has 0 amide bonds. The molecule has 1 aromatic heterocycles. The Morgan fingerprint density at radius 3 is 2.83 bits per heavy atom. The van der Waals surface area contributed by atoms with Gasteiger partial charge in [0.05, 0.1) is 0 Å². The van der Waals surface area contributed by atoms with Crippen LogP contribution in [-0.2, 0) is 0 Å². The smallest absolute Gasteiger partial charge is 0.342 e. The van der Waals surface area contributed by atoms with Crippen LogP contribution in [0.2, 0.25) is 0 Å². The van der Waals surface area contributed by atoms with E-state index in [0.29, 0.717) is 17.9 Å². The van der Waals surface area contributed by atoms with Crippen molar-refractivity contribution in [3.63, 3.8) is 0 Å². The first kappa shape index (κ1) is 11.5. The number of hydrogen-bond acceptors (Lipinski definition) is 5. The van der Waals surface area contributed by atoms with Gasteiger partial charge in [-0.2, -0.15) is 0 Å². The second kappa shape index (κ2) is 4.56. The number of nitrogens with zero attached hydrogens (tertiary/aromatic N) is 2. The molecule has 0 aromatic carbocycles. The van der Waals surface area contributed by atoms with Crippen LogP contribution in [-0.4, -0.2) is 40.4 Å². The monoisotopic (exact) mass is 251 g/mol. The van der Waals surface area contributed by atoms with Crippen LogP contribution in [0.15, 0.2) is 9.59 Å². The highest BCUT2D eigenvalue weighted by atomic mass is 16.2. The van der Waals surface area contributed by atoms with Crippen LogP contribution in [0.4, 0.5) is 5.82 Å². The van der Waals surface area contributed by atoms with Gasteiger partial charge >= 0.3 is 5.69 Å². The van der Waals surface area contributed by atoms with Crippen LogP contribution in [0, 0.1) is 0 Å². The summed E-state index contributed by atoms with van der Waals surface area (Å²) in [6, 6.07) is 0.743. The molecular weight excluding hydrogens is 234 g/mol. The molecule has 0 radical (unpaired) electrons. The highest BCUT2D eigenvalue weighted by Crippen LogP contribution is 2.26. The zero-order chi connectivity index (χ0) is 12.5. The fourth-order valence-electron chi connectivity index (χ4n) is 3.05. The Balaban J connectivity index is 1.89. The Hall–Kier alpha value is -1.63. The summed E-state index contributed by atoms with van der Waals surface area (Å²) in [5.74, 6) is 0.339. The van der Waals surface area contributed by atoms with Crippen LogP contribution in [0.25, 0.3) is 0 Å². The summed E-state index contributed by atoms with van der Waals surface area (Å²) in [7, 11) is 0. The molecule has 2 fully saturated rings. The molecule has 3 rings (SSSR count). The molecule has 98 valence electrons. The van der Waals surface area contributed by atoms with Crippen LogP contribution in [0.5, 0.6) is 0 Å². The van der Waals surface area contributed by atoms with Gasteiger partial charge in [-0.05, 0) is 32.2 Å². The molecule has 0 saturated carbocycles. The molecule has 0 aliphatic carbocycles. The zero-order valence-electron chi connectivity index (χ0n) is 10.1. The second-order valence-electron chi connectivity index (χ2n) is 4.94. The van der Waals surface area contributed by atoms with Crippen molar-refractivity contribution < 1.29 is 0 Å². The highest BCUT2D eigenvalue weighted by molar-refractivity contribution is 5.38. The molecule has 2 atom stereocenters. The van der Waals surface area contributed by atoms with Crippen LogP contribution >= 0.6 is 0 Å². The van der Waals surface area contributed by atoms with Gasteiger partial charge in [-0.15, -0.1) is 5.10 Å². The topological polar surface area (TPSA) is 93.9 Å². The van der Waals surface area contributed by atoms with E-state index in [0.717, 1.165) is 32.4 Å². The summed E-state index contributed by atoms with van der Waals surface area (Å²) < 4.78 is 0. The van der Waals surface area contributed by atoms with E-state index in [-0.39, 0.29) is 0 Å². The van der Waals surface area contributed by atoms with E-state index >= 15 is 0 Å². The lowest BCUT2D eigenvalue weighted by atomic mass is 10.0. The molecule has 7 heteroatoms. The third-order valence-corrected chi connectivity index (χ3v) is 3.83. The van der Waals surface area contributed by atoms with Crippen molar-refractivity contribution in [2.75, 3.05) is 18.0 Å². The van der Waals surface area contributed by atoms with Gasteiger partial charge in [-0.1, -0.05) is 0 Å². The minimum absolute atomic E-state index is 0.312. The molecule has 2 saturated heterocycles. The largest absolute Gasteiger partial charge is 0.346 e. The Kier molecular flexibility index (Phi) is 2.91. The Bertz CT molecular complexity index is 531. The van der Waals surface area contributed by atoms with Crippen LogP contribution < -0.4 is 21.5 Å². The van der Waals surface area contributed by atoms with Crippen LogP contribution in [0.1, 0.15) is 25.7 Å². The third-order valence-electron chi connectivity index (χ3n) is 3.83. The SMILES string of the molecule is O=c1[nH]nc(N2CCCC2C2CCCN2)c(=O)[nH]1. The summed E-state index contributed by atoms with van der Waals surface area (Å²) in [5.41, 5.74) is -0.956. The molecule has 2 aliphatic rings. The minimum Gasteiger partial charge on any atom is -0.346 e. The van der Waals surface area contributed by atoms with E-state index < -0.39 is 11.2 Å². The Morgan fingerprint density at radius 2 is 2.11 bits per heavy atom. The fraction of sp³-hybridized carbons (Fsp3) is 0.727. The Morgan fingerprint density at radius 1 is 1.22 bits per heavy atom. The first-order chi connectivity index (χ1) is 8.75. The van der Waals surface area contributed by atoms with Crippen molar-refractivity contribution in [2.45, 2.75) is 37.8 Å². The number of anilines is 1. The van der Waals surface area contributed by atoms with Crippen molar-refractivity contribution >= 4 is 5.82 Å². The Labute approximate surface area is 104 Å². The minimum atomic E-state index is -0.557. The zero-order valence-corrected chi connectivity index (χ0v) is 10.1. The molecule has 3 N–H and O–H groups in total. The highest BCUT2D eigenvalue weighted by Gasteiger charge is 2.35. The second-order valence-corrected chi connectivity index (χ2v) is 4.94. The van der Waals surface area contributed by atoms with E-state index in [9.17, 15) is 9.59 Å². The first-order valence-corrected chi connectivity index (χ1v) is 6.45. The predicted molar refractivity (Wildman–Crippen MR) is 66.9 cm³/mol. The van der Waals surface area contributed by atoms with Crippen molar-refractivity contribution in [2.24, 2.45) is 0 Å². The van der Waals surface area contributed by atoms with E-state index in [2.05, 4.69) is 20.5 Å². The van der Waals surface area contributed by atoms with Gasteiger partial charge in [0.2, 0.25) is 5.82 Å². The normalized spacial score (nSPS) is 27.9. The first-order valence-electron chi connectivity index (χ1n) is 6.45. The maximum absolute atomic E-state index is 11.8. The maximum Gasteiger partial charge on any atom is 0.342 e. The predicted octanol–water partition coefficient (Wildman–Crippen LogP) is -0.821. The molecule has 0 spiro atoms. The quantitative estimate of drug-likeness (QED) is 0.638. The summed E-state index contributed by atoms with van der Waals surface area (Å²) in [4.78, 5) is 27.0. The van der Waals surface area contributed by atoms with Crippen molar-refractivity contribution in [3.8, 4) is 0 Å². The number of aromatic nitrogens is 3. The fourth-order valence-corrected chi connectivity index (χ4v) is 3.05. The average molecular weight is 251 g/mol. The molecule has 2 aliphatic heterocycles. The van der Waals surface area contributed by atoms with Crippen molar-refractivity contribution in [1.29, 1.82) is 0 Å². The lowest BCUT2D eigenvalue weighted by Crippen LogP contribution is -2.46. The van der Waals surface area contributed by atoms with Crippen molar-refractivity contribution in [1.82, 2.24) is 20.5 Å². The van der Waals surface area contributed by atoms with Gasteiger partial charge in [0.15, 0.2) is 0 Å². The van der Waals surface area contributed by atoms with Gasteiger partial charge in [0, 0.05) is 18.6 Å². The molecular formula is C11H17N5O2. The number of hydrogen-bond donors (Lipinski definition) is 3. The molecule has 18 heavy (non-hydrogen) atoms. The number of nitrogens with one attached hydrogen (secondary N) is 3. The molecule has 1 aromatic rings. The number of aromatic amines is 2. The molecule has 7 nitrogen and oxygen atoms in total. The lowest BCUT2D eigenvalue weighted by molar-refractivity contribution is 0.478. The summed E-state index contributed by atoms with van der Waals surface area (Å²) in [6.07, 6.45) is 4.45. The molecule has 0 bridgehead atoms.